The number of fused-ring (bicyclic) bond motifs is 1. The first-order chi connectivity index (χ1) is 9.78. The molecule has 1 amide bonds. The van der Waals surface area contributed by atoms with Gasteiger partial charge in [0.05, 0.1) is 12.8 Å². The summed E-state index contributed by atoms with van der Waals surface area (Å²) >= 11 is 0. The van der Waals surface area contributed by atoms with E-state index in [1.807, 2.05) is 24.3 Å². The summed E-state index contributed by atoms with van der Waals surface area (Å²) in [5.41, 5.74) is 2.34. The molecule has 0 spiro atoms. The normalized spacial score (nSPS) is 17.1. The van der Waals surface area contributed by atoms with Crippen LogP contribution in [0.2, 0.25) is 0 Å². The summed E-state index contributed by atoms with van der Waals surface area (Å²) in [6.07, 6.45) is 0. The van der Waals surface area contributed by atoms with Gasteiger partial charge < -0.3 is 10.1 Å². The highest BCUT2D eigenvalue weighted by Gasteiger charge is 2.29. The molecule has 1 atom stereocenters. The van der Waals surface area contributed by atoms with Crippen LogP contribution in [0.25, 0.3) is 0 Å². The molecule has 1 aliphatic rings. The molecule has 5 heteroatoms. The molecule has 100 valence electrons. The summed E-state index contributed by atoms with van der Waals surface area (Å²) in [4.78, 5) is 11.9. The largest absolute Gasteiger partial charge is 0.497 e. The molecule has 1 aliphatic heterocycles. The standard InChI is InChI=1S/C15H13N3O2/c1-20-11-8-6-10(7-9-11)17-18-14-12-4-2-3-5-13(12)16-15(14)19/h2-9,14H,1H3,(H,16,19). The van der Waals surface area contributed by atoms with Gasteiger partial charge in [-0.3, -0.25) is 4.79 Å². The zero-order valence-corrected chi connectivity index (χ0v) is 10.9. The van der Waals surface area contributed by atoms with E-state index in [-0.39, 0.29) is 5.91 Å². The second kappa shape index (κ2) is 5.13. The number of rotatable bonds is 3. The number of hydrogen-bond acceptors (Lipinski definition) is 4. The summed E-state index contributed by atoms with van der Waals surface area (Å²) in [6.45, 7) is 0. The number of ether oxygens (including phenoxy) is 1. The average molecular weight is 267 g/mol. The van der Waals surface area contributed by atoms with Gasteiger partial charge in [0.2, 0.25) is 0 Å². The number of benzene rings is 2. The highest BCUT2D eigenvalue weighted by Crippen LogP contribution is 2.34. The molecule has 3 rings (SSSR count). The lowest BCUT2D eigenvalue weighted by atomic mass is 10.1. The minimum absolute atomic E-state index is 0.150. The van der Waals surface area contributed by atoms with Crippen molar-refractivity contribution in [3.8, 4) is 5.75 Å². The second-order valence-electron chi connectivity index (χ2n) is 4.39. The monoisotopic (exact) mass is 267 g/mol. The molecule has 1 N–H and O–H groups in total. The van der Waals surface area contributed by atoms with Gasteiger partial charge in [0.25, 0.3) is 5.91 Å². The zero-order chi connectivity index (χ0) is 13.9. The van der Waals surface area contributed by atoms with Gasteiger partial charge in [-0.15, -0.1) is 0 Å². The predicted octanol–water partition coefficient (Wildman–Crippen LogP) is 3.47. The number of nitrogens with zero attached hydrogens (tertiary/aromatic N) is 2. The van der Waals surface area contributed by atoms with Crippen molar-refractivity contribution in [1.82, 2.24) is 0 Å². The Bertz CT molecular complexity index is 665. The van der Waals surface area contributed by atoms with Gasteiger partial charge in [0.1, 0.15) is 5.75 Å². The fraction of sp³-hybridized carbons (Fsp3) is 0.133. The van der Waals surface area contributed by atoms with Crippen LogP contribution in [-0.4, -0.2) is 13.0 Å². The SMILES string of the molecule is COc1ccc(N=NC2C(=O)Nc3ccccc32)cc1. The third-order valence-electron chi connectivity index (χ3n) is 3.12. The van der Waals surface area contributed by atoms with Gasteiger partial charge in [0.15, 0.2) is 6.04 Å². The molecule has 0 radical (unpaired) electrons. The van der Waals surface area contributed by atoms with Crippen molar-refractivity contribution in [2.24, 2.45) is 10.2 Å². The molecule has 1 heterocycles. The van der Waals surface area contributed by atoms with E-state index >= 15 is 0 Å². The summed E-state index contributed by atoms with van der Waals surface area (Å²) in [5.74, 6) is 0.608. The molecule has 20 heavy (non-hydrogen) atoms. The number of methoxy groups -OCH3 is 1. The molecule has 0 fully saturated rings. The highest BCUT2D eigenvalue weighted by atomic mass is 16.5. The molecule has 2 aromatic rings. The molecule has 0 aliphatic carbocycles. The van der Waals surface area contributed by atoms with E-state index in [2.05, 4.69) is 15.5 Å². The van der Waals surface area contributed by atoms with Crippen molar-refractivity contribution in [2.45, 2.75) is 6.04 Å². The topological polar surface area (TPSA) is 63.1 Å². The van der Waals surface area contributed by atoms with E-state index in [0.717, 1.165) is 17.0 Å². The number of anilines is 1. The van der Waals surface area contributed by atoms with Crippen molar-refractivity contribution in [3.05, 3.63) is 54.1 Å². The van der Waals surface area contributed by atoms with E-state index in [9.17, 15) is 4.79 Å². The van der Waals surface area contributed by atoms with E-state index in [1.165, 1.54) is 0 Å². The first-order valence-electron chi connectivity index (χ1n) is 6.22. The van der Waals surface area contributed by atoms with Gasteiger partial charge >= 0.3 is 0 Å². The number of carbonyl (C=O) groups is 1. The maximum Gasteiger partial charge on any atom is 0.255 e. The Morgan fingerprint density at radius 2 is 1.85 bits per heavy atom. The van der Waals surface area contributed by atoms with Crippen LogP contribution in [0, 0.1) is 0 Å². The van der Waals surface area contributed by atoms with E-state index in [1.54, 1.807) is 31.4 Å². The Labute approximate surface area is 116 Å². The summed E-state index contributed by atoms with van der Waals surface area (Å²) < 4.78 is 5.07. The number of azo groups is 1. The maximum atomic E-state index is 11.9. The van der Waals surface area contributed by atoms with Crippen molar-refractivity contribution in [1.29, 1.82) is 0 Å². The van der Waals surface area contributed by atoms with Crippen molar-refractivity contribution in [3.63, 3.8) is 0 Å². The second-order valence-corrected chi connectivity index (χ2v) is 4.39. The third-order valence-corrected chi connectivity index (χ3v) is 3.12. The number of hydrogen-bond donors (Lipinski definition) is 1. The number of nitrogens with one attached hydrogen (secondary N) is 1. The highest BCUT2D eigenvalue weighted by molar-refractivity contribution is 6.02. The Morgan fingerprint density at radius 1 is 1.10 bits per heavy atom. The quantitative estimate of drug-likeness (QED) is 0.865. The Balaban J connectivity index is 1.83. The van der Waals surface area contributed by atoms with Gasteiger partial charge in [-0.05, 0) is 30.3 Å². The van der Waals surface area contributed by atoms with E-state index < -0.39 is 6.04 Å². The maximum absolute atomic E-state index is 11.9. The molecule has 5 nitrogen and oxygen atoms in total. The van der Waals surface area contributed by atoms with E-state index in [4.69, 9.17) is 4.74 Å². The average Bonchev–Trinajstić information content (AvgIpc) is 2.81. The minimum Gasteiger partial charge on any atom is -0.497 e. The molecule has 0 aromatic heterocycles. The van der Waals surface area contributed by atoms with Crippen LogP contribution in [0.4, 0.5) is 11.4 Å². The molecular weight excluding hydrogens is 254 g/mol. The van der Waals surface area contributed by atoms with Crippen LogP contribution in [-0.2, 0) is 4.79 Å². The van der Waals surface area contributed by atoms with Gasteiger partial charge in [-0.2, -0.15) is 10.2 Å². The van der Waals surface area contributed by atoms with Crippen molar-refractivity contribution in [2.75, 3.05) is 12.4 Å². The van der Waals surface area contributed by atoms with Crippen molar-refractivity contribution >= 4 is 17.3 Å². The molecule has 0 bridgehead atoms. The lowest BCUT2D eigenvalue weighted by molar-refractivity contribution is -0.116. The molecule has 0 saturated carbocycles. The summed E-state index contributed by atoms with van der Waals surface area (Å²) in [7, 11) is 1.61. The lowest BCUT2D eigenvalue weighted by Crippen LogP contribution is -2.09. The Hall–Kier alpha value is -2.69. The van der Waals surface area contributed by atoms with Gasteiger partial charge in [0, 0.05) is 11.3 Å². The fourth-order valence-corrected chi connectivity index (χ4v) is 2.08. The van der Waals surface area contributed by atoms with Crippen molar-refractivity contribution < 1.29 is 9.53 Å². The zero-order valence-electron chi connectivity index (χ0n) is 10.9. The number of carbonyl (C=O) groups excluding carboxylic acids is 1. The first-order valence-corrected chi connectivity index (χ1v) is 6.22. The molecule has 0 saturated heterocycles. The number of para-hydroxylation sites is 1. The lowest BCUT2D eigenvalue weighted by Gasteiger charge is -2.01. The first kappa shape index (κ1) is 12.3. The number of amides is 1. The van der Waals surface area contributed by atoms with Crippen LogP contribution >= 0.6 is 0 Å². The molecular formula is C15H13N3O2. The van der Waals surface area contributed by atoms with Gasteiger partial charge in [-0.1, -0.05) is 18.2 Å². The van der Waals surface area contributed by atoms with Crippen LogP contribution in [0.5, 0.6) is 5.75 Å². The minimum atomic E-state index is -0.576. The Morgan fingerprint density at radius 3 is 2.60 bits per heavy atom. The Kier molecular flexibility index (Phi) is 3.16. The third kappa shape index (κ3) is 2.25. The summed E-state index contributed by atoms with van der Waals surface area (Å²) in [6, 6.07) is 14.1. The van der Waals surface area contributed by atoms with Gasteiger partial charge in [-0.25, -0.2) is 0 Å². The van der Waals surface area contributed by atoms with Crippen LogP contribution in [0.3, 0.4) is 0 Å². The summed E-state index contributed by atoms with van der Waals surface area (Å²) in [5, 5.41) is 11.1. The van der Waals surface area contributed by atoms with Crippen LogP contribution in [0.15, 0.2) is 58.8 Å². The van der Waals surface area contributed by atoms with Crippen LogP contribution < -0.4 is 10.1 Å². The van der Waals surface area contributed by atoms with Crippen LogP contribution in [0.1, 0.15) is 11.6 Å². The molecule has 2 aromatic carbocycles. The molecule has 1 unspecified atom stereocenters. The van der Waals surface area contributed by atoms with E-state index in [0.29, 0.717) is 5.69 Å². The predicted molar refractivity (Wildman–Crippen MR) is 75.3 cm³/mol. The fourth-order valence-electron chi connectivity index (χ4n) is 2.08. The smallest absolute Gasteiger partial charge is 0.255 e.